The molecule has 0 radical (unpaired) electrons. The second-order valence-electron chi connectivity index (χ2n) is 5.78. The minimum Gasteiger partial charge on any atom is -0.365 e. The Hall–Kier alpha value is -2.44. The SMILES string of the molecule is Cc1cc(C)n(C[C@H](C)Nc2ncnc3c2c(C)nn3C)n1. The van der Waals surface area contributed by atoms with E-state index < -0.39 is 0 Å². The molecule has 3 rings (SSSR count). The van der Waals surface area contributed by atoms with Crippen LogP contribution < -0.4 is 5.32 Å². The second kappa shape index (κ2) is 5.40. The highest BCUT2D eigenvalue weighted by Crippen LogP contribution is 2.22. The van der Waals surface area contributed by atoms with E-state index in [0.29, 0.717) is 0 Å². The molecular weight excluding hydrogens is 278 g/mol. The maximum atomic E-state index is 4.50. The monoisotopic (exact) mass is 299 g/mol. The van der Waals surface area contributed by atoms with Crippen molar-refractivity contribution < 1.29 is 0 Å². The Labute approximate surface area is 129 Å². The van der Waals surface area contributed by atoms with Gasteiger partial charge in [-0.2, -0.15) is 10.2 Å². The van der Waals surface area contributed by atoms with E-state index in [1.165, 1.54) is 0 Å². The summed E-state index contributed by atoms with van der Waals surface area (Å²) in [6.45, 7) is 8.96. The topological polar surface area (TPSA) is 73.5 Å². The van der Waals surface area contributed by atoms with Crippen molar-refractivity contribution in [1.29, 1.82) is 0 Å². The smallest absolute Gasteiger partial charge is 0.163 e. The summed E-state index contributed by atoms with van der Waals surface area (Å²) in [5.74, 6) is 0.824. The predicted octanol–water partition coefficient (Wildman–Crippen LogP) is 1.99. The molecule has 0 fully saturated rings. The van der Waals surface area contributed by atoms with Gasteiger partial charge in [0, 0.05) is 18.8 Å². The van der Waals surface area contributed by atoms with Gasteiger partial charge in [0.15, 0.2) is 5.65 Å². The molecule has 0 aliphatic carbocycles. The molecule has 0 aliphatic rings. The van der Waals surface area contributed by atoms with Crippen molar-refractivity contribution in [2.75, 3.05) is 5.32 Å². The van der Waals surface area contributed by atoms with Crippen LogP contribution in [0.1, 0.15) is 24.0 Å². The Morgan fingerprint density at radius 3 is 2.64 bits per heavy atom. The van der Waals surface area contributed by atoms with E-state index in [4.69, 9.17) is 0 Å². The third-order valence-corrected chi connectivity index (χ3v) is 3.73. The van der Waals surface area contributed by atoms with Crippen LogP contribution in [-0.4, -0.2) is 35.6 Å². The maximum Gasteiger partial charge on any atom is 0.163 e. The summed E-state index contributed by atoms with van der Waals surface area (Å²) in [7, 11) is 1.89. The molecule has 0 unspecified atom stereocenters. The molecule has 0 spiro atoms. The Morgan fingerprint density at radius 1 is 1.18 bits per heavy atom. The Balaban J connectivity index is 1.85. The largest absolute Gasteiger partial charge is 0.365 e. The third kappa shape index (κ3) is 2.54. The summed E-state index contributed by atoms with van der Waals surface area (Å²) in [4.78, 5) is 8.69. The van der Waals surface area contributed by atoms with Gasteiger partial charge in [0.1, 0.15) is 12.1 Å². The first-order valence-electron chi connectivity index (χ1n) is 7.37. The lowest BCUT2D eigenvalue weighted by molar-refractivity contribution is 0.545. The zero-order valence-corrected chi connectivity index (χ0v) is 13.6. The highest BCUT2D eigenvalue weighted by Gasteiger charge is 2.14. The predicted molar refractivity (Wildman–Crippen MR) is 85.8 cm³/mol. The minimum absolute atomic E-state index is 0.190. The first-order valence-corrected chi connectivity index (χ1v) is 7.37. The summed E-state index contributed by atoms with van der Waals surface area (Å²) in [5, 5.41) is 13.4. The molecule has 1 atom stereocenters. The number of hydrogen-bond donors (Lipinski definition) is 1. The van der Waals surface area contributed by atoms with Gasteiger partial charge in [0.2, 0.25) is 0 Å². The first-order chi connectivity index (χ1) is 10.5. The van der Waals surface area contributed by atoms with E-state index in [9.17, 15) is 0 Å². The van der Waals surface area contributed by atoms with Crippen LogP contribution in [-0.2, 0) is 13.6 Å². The number of anilines is 1. The van der Waals surface area contributed by atoms with Crippen molar-refractivity contribution in [3.63, 3.8) is 0 Å². The molecule has 22 heavy (non-hydrogen) atoms. The zero-order chi connectivity index (χ0) is 15.9. The van der Waals surface area contributed by atoms with Crippen LogP contribution in [0, 0.1) is 20.8 Å². The summed E-state index contributed by atoms with van der Waals surface area (Å²) in [6, 6.07) is 2.27. The lowest BCUT2D eigenvalue weighted by Gasteiger charge is -2.16. The Morgan fingerprint density at radius 2 is 1.95 bits per heavy atom. The molecule has 7 nitrogen and oxygen atoms in total. The molecule has 3 aromatic rings. The van der Waals surface area contributed by atoms with Gasteiger partial charge in [-0.3, -0.25) is 9.36 Å². The number of rotatable bonds is 4. The third-order valence-electron chi connectivity index (χ3n) is 3.73. The van der Waals surface area contributed by atoms with E-state index in [-0.39, 0.29) is 6.04 Å². The highest BCUT2D eigenvalue weighted by atomic mass is 15.3. The van der Waals surface area contributed by atoms with E-state index >= 15 is 0 Å². The van der Waals surface area contributed by atoms with Crippen LogP contribution in [0.3, 0.4) is 0 Å². The number of nitrogens with zero attached hydrogens (tertiary/aromatic N) is 6. The lowest BCUT2D eigenvalue weighted by atomic mass is 10.2. The zero-order valence-electron chi connectivity index (χ0n) is 13.6. The normalized spacial score (nSPS) is 12.8. The van der Waals surface area contributed by atoms with Gasteiger partial charge in [0.25, 0.3) is 0 Å². The van der Waals surface area contributed by atoms with Crippen LogP contribution in [0.25, 0.3) is 11.0 Å². The number of nitrogens with one attached hydrogen (secondary N) is 1. The van der Waals surface area contributed by atoms with Crippen LogP contribution in [0.15, 0.2) is 12.4 Å². The van der Waals surface area contributed by atoms with Gasteiger partial charge in [-0.05, 0) is 33.8 Å². The van der Waals surface area contributed by atoms with E-state index in [1.807, 2.05) is 25.6 Å². The lowest BCUT2D eigenvalue weighted by Crippen LogP contribution is -2.24. The van der Waals surface area contributed by atoms with Gasteiger partial charge in [-0.1, -0.05) is 0 Å². The fourth-order valence-electron chi connectivity index (χ4n) is 2.78. The van der Waals surface area contributed by atoms with E-state index in [0.717, 1.165) is 40.5 Å². The average Bonchev–Trinajstić information content (AvgIpc) is 2.90. The molecule has 3 aromatic heterocycles. The Kier molecular flexibility index (Phi) is 3.56. The summed E-state index contributed by atoms with van der Waals surface area (Å²) < 4.78 is 3.80. The van der Waals surface area contributed by atoms with Crippen molar-refractivity contribution in [3.8, 4) is 0 Å². The van der Waals surface area contributed by atoms with E-state index in [2.05, 4.69) is 45.4 Å². The van der Waals surface area contributed by atoms with Crippen molar-refractivity contribution >= 4 is 16.9 Å². The van der Waals surface area contributed by atoms with Crippen molar-refractivity contribution in [1.82, 2.24) is 29.5 Å². The summed E-state index contributed by atoms with van der Waals surface area (Å²) >= 11 is 0. The van der Waals surface area contributed by atoms with Crippen molar-refractivity contribution in [2.45, 2.75) is 40.3 Å². The molecule has 0 aliphatic heterocycles. The molecule has 0 aromatic carbocycles. The molecule has 0 saturated heterocycles. The second-order valence-corrected chi connectivity index (χ2v) is 5.78. The van der Waals surface area contributed by atoms with Crippen molar-refractivity contribution in [3.05, 3.63) is 29.5 Å². The molecule has 0 bridgehead atoms. The van der Waals surface area contributed by atoms with Gasteiger partial charge < -0.3 is 5.32 Å². The fraction of sp³-hybridized carbons (Fsp3) is 0.467. The maximum absolute atomic E-state index is 4.50. The highest BCUT2D eigenvalue weighted by molar-refractivity contribution is 5.89. The first kappa shape index (κ1) is 14.5. The van der Waals surface area contributed by atoms with Gasteiger partial charge in [0.05, 0.1) is 23.3 Å². The minimum atomic E-state index is 0.190. The van der Waals surface area contributed by atoms with Gasteiger partial charge >= 0.3 is 0 Å². The summed E-state index contributed by atoms with van der Waals surface area (Å²) in [6.07, 6.45) is 1.57. The van der Waals surface area contributed by atoms with Gasteiger partial charge in [-0.15, -0.1) is 0 Å². The quantitative estimate of drug-likeness (QED) is 0.797. The number of fused-ring (bicyclic) bond motifs is 1. The fourth-order valence-corrected chi connectivity index (χ4v) is 2.78. The standard InChI is InChI=1S/C15H21N7/c1-9-6-11(3)22(19-9)7-10(2)18-14-13-12(4)20-21(5)15(13)17-8-16-14/h6,8,10H,7H2,1-5H3,(H,16,17,18)/t10-/m0/s1. The van der Waals surface area contributed by atoms with Crippen molar-refractivity contribution in [2.24, 2.45) is 7.05 Å². The number of hydrogen-bond acceptors (Lipinski definition) is 5. The molecule has 0 saturated carbocycles. The number of aromatic nitrogens is 6. The van der Waals surface area contributed by atoms with Crippen LogP contribution in [0.5, 0.6) is 0 Å². The molecule has 116 valence electrons. The average molecular weight is 299 g/mol. The molecule has 3 heterocycles. The van der Waals surface area contributed by atoms with Gasteiger partial charge in [-0.25, -0.2) is 9.97 Å². The van der Waals surface area contributed by atoms with E-state index in [1.54, 1.807) is 11.0 Å². The molecule has 1 N–H and O–H groups in total. The molecule has 0 amide bonds. The van der Waals surface area contributed by atoms with Crippen LogP contribution >= 0.6 is 0 Å². The Bertz CT molecular complexity index is 815. The molecule has 7 heteroatoms. The number of aryl methyl sites for hydroxylation is 4. The van der Waals surface area contributed by atoms with Crippen LogP contribution in [0.2, 0.25) is 0 Å². The summed E-state index contributed by atoms with van der Waals surface area (Å²) in [5.41, 5.74) is 3.97. The van der Waals surface area contributed by atoms with Crippen LogP contribution in [0.4, 0.5) is 5.82 Å². The molecular formula is C15H21N7.